The van der Waals surface area contributed by atoms with Crippen LogP contribution in [0, 0.1) is 5.82 Å². The number of aromatic nitrogens is 1. The zero-order valence-electron chi connectivity index (χ0n) is 17.3. The number of hydrogen-bond donors (Lipinski definition) is 1. The Morgan fingerprint density at radius 1 is 1.22 bits per heavy atom. The van der Waals surface area contributed by atoms with E-state index in [1.54, 1.807) is 21.6 Å². The Bertz CT molecular complexity index is 1380. The monoisotopic (exact) mass is 438 g/mol. The summed E-state index contributed by atoms with van der Waals surface area (Å²) in [5, 5.41) is 9.38. The Morgan fingerprint density at radius 3 is 2.69 bits per heavy atom. The Kier molecular flexibility index (Phi) is 4.44. The molecule has 0 bridgehead atoms. The number of carbonyl (C=O) groups is 2. The van der Waals surface area contributed by atoms with Crippen molar-refractivity contribution in [2.24, 2.45) is 0 Å². The summed E-state index contributed by atoms with van der Waals surface area (Å²) in [6, 6.07) is 6.05. The van der Waals surface area contributed by atoms with Crippen molar-refractivity contribution in [1.29, 1.82) is 0 Å². The van der Waals surface area contributed by atoms with Crippen molar-refractivity contribution >= 4 is 28.5 Å². The van der Waals surface area contributed by atoms with Crippen LogP contribution in [-0.4, -0.2) is 35.3 Å². The molecule has 0 saturated carbocycles. The molecular weight excluding hydrogens is 419 g/mol. The quantitative estimate of drug-likeness (QED) is 0.628. The summed E-state index contributed by atoms with van der Waals surface area (Å²) in [7, 11) is 1.31. The number of benzene rings is 2. The van der Waals surface area contributed by atoms with Gasteiger partial charge in [0.15, 0.2) is 11.6 Å². The Labute approximate surface area is 181 Å². The first-order valence-corrected chi connectivity index (χ1v) is 10.0. The summed E-state index contributed by atoms with van der Waals surface area (Å²) in [6.07, 6.45) is 1.30. The molecule has 1 aromatic heterocycles. The summed E-state index contributed by atoms with van der Waals surface area (Å²) in [5.74, 6) is -2.27. The third-order valence-corrected chi connectivity index (χ3v) is 6.04. The Hall–Kier alpha value is -3.88. The molecule has 1 N–H and O–H groups in total. The summed E-state index contributed by atoms with van der Waals surface area (Å²) in [5.41, 5.74) is 1.63. The van der Waals surface area contributed by atoms with E-state index in [-0.39, 0.29) is 29.5 Å². The highest BCUT2D eigenvalue weighted by molar-refractivity contribution is 5.97. The van der Waals surface area contributed by atoms with Gasteiger partial charge >= 0.3 is 11.9 Å². The van der Waals surface area contributed by atoms with Gasteiger partial charge in [-0.25, -0.2) is 14.0 Å². The van der Waals surface area contributed by atoms with Gasteiger partial charge < -0.3 is 24.0 Å². The first kappa shape index (κ1) is 20.0. The van der Waals surface area contributed by atoms with Crippen LogP contribution in [-0.2, 0) is 17.8 Å². The van der Waals surface area contributed by atoms with Gasteiger partial charge in [-0.05, 0) is 36.2 Å². The second-order valence-electron chi connectivity index (χ2n) is 8.01. The number of carbonyl (C=O) groups excluding carboxylic acids is 1. The molecule has 0 radical (unpaired) electrons. The van der Waals surface area contributed by atoms with Gasteiger partial charge in [0.1, 0.15) is 17.9 Å². The fourth-order valence-electron chi connectivity index (χ4n) is 4.46. The lowest BCUT2D eigenvalue weighted by Gasteiger charge is -2.31. The second-order valence-corrected chi connectivity index (χ2v) is 8.01. The lowest BCUT2D eigenvalue weighted by atomic mass is 10.1. The van der Waals surface area contributed by atoms with Crippen LogP contribution in [0.25, 0.3) is 10.9 Å². The van der Waals surface area contributed by atoms with E-state index >= 15 is 4.39 Å². The molecule has 2 aromatic carbocycles. The van der Waals surface area contributed by atoms with Gasteiger partial charge in [0.25, 0.3) is 0 Å². The average Bonchev–Trinajstić information content (AvgIpc) is 3.19. The molecule has 32 heavy (non-hydrogen) atoms. The number of nitrogens with zero attached hydrogens (tertiary/aromatic N) is 2. The lowest BCUT2D eigenvalue weighted by molar-refractivity contribution is 0.0599. The molecule has 1 atom stereocenters. The number of ether oxygens (including phenoxy) is 2. The van der Waals surface area contributed by atoms with Crippen LogP contribution in [0.2, 0.25) is 0 Å². The van der Waals surface area contributed by atoms with Gasteiger partial charge in [-0.15, -0.1) is 0 Å². The number of hydrogen-bond acceptors (Lipinski definition) is 6. The van der Waals surface area contributed by atoms with E-state index in [9.17, 15) is 19.5 Å². The number of rotatable bonds is 3. The first-order valence-electron chi connectivity index (χ1n) is 10.0. The minimum absolute atomic E-state index is 0.0302. The molecule has 9 heteroatoms. The largest absolute Gasteiger partial charge is 0.487 e. The number of carboxylic acid groups (broad SMARTS) is 1. The van der Waals surface area contributed by atoms with Crippen molar-refractivity contribution in [1.82, 2.24) is 4.57 Å². The molecule has 0 aliphatic carbocycles. The van der Waals surface area contributed by atoms with Crippen LogP contribution < -0.4 is 15.1 Å². The topological polar surface area (TPSA) is 98.1 Å². The highest BCUT2D eigenvalue weighted by Gasteiger charge is 2.32. The summed E-state index contributed by atoms with van der Waals surface area (Å²) in [6.45, 7) is 2.77. The van der Waals surface area contributed by atoms with Gasteiger partial charge in [-0.2, -0.15) is 0 Å². The SMILES string of the molecule is COC(=O)c1ccc2c(c1)CN(c1c(F)cc3c(=O)c(C(=O)O)cn4c3c1OCC4C)C2. The molecule has 0 amide bonds. The minimum atomic E-state index is -1.36. The van der Waals surface area contributed by atoms with Crippen LogP contribution in [0.1, 0.15) is 44.8 Å². The number of esters is 1. The summed E-state index contributed by atoms with van der Waals surface area (Å²) in [4.78, 5) is 37.9. The highest BCUT2D eigenvalue weighted by Crippen LogP contribution is 2.44. The van der Waals surface area contributed by atoms with Crippen molar-refractivity contribution in [2.45, 2.75) is 26.1 Å². The van der Waals surface area contributed by atoms with Gasteiger partial charge in [-0.1, -0.05) is 6.07 Å². The van der Waals surface area contributed by atoms with Gasteiger partial charge in [0.05, 0.1) is 29.6 Å². The van der Waals surface area contributed by atoms with E-state index in [0.717, 1.165) is 17.2 Å². The molecule has 1 unspecified atom stereocenters. The number of pyridine rings is 1. The number of methoxy groups -OCH3 is 1. The van der Waals surface area contributed by atoms with Crippen molar-refractivity contribution < 1.29 is 28.6 Å². The maximum absolute atomic E-state index is 15.4. The van der Waals surface area contributed by atoms with Crippen LogP contribution >= 0.6 is 0 Å². The van der Waals surface area contributed by atoms with Crippen LogP contribution in [0.4, 0.5) is 10.1 Å². The van der Waals surface area contributed by atoms with Crippen LogP contribution in [0.5, 0.6) is 5.75 Å². The molecule has 5 rings (SSSR count). The highest BCUT2D eigenvalue weighted by atomic mass is 19.1. The minimum Gasteiger partial charge on any atom is -0.487 e. The fourth-order valence-corrected chi connectivity index (χ4v) is 4.46. The molecule has 2 aliphatic heterocycles. The predicted octanol–water partition coefficient (Wildman–Crippen LogP) is 3.10. The molecule has 2 aliphatic rings. The lowest BCUT2D eigenvalue weighted by Crippen LogP contribution is -2.28. The predicted molar refractivity (Wildman–Crippen MR) is 113 cm³/mol. The third-order valence-electron chi connectivity index (χ3n) is 6.04. The van der Waals surface area contributed by atoms with E-state index in [1.807, 2.05) is 13.0 Å². The molecule has 164 valence electrons. The molecule has 0 saturated heterocycles. The summed E-state index contributed by atoms with van der Waals surface area (Å²) >= 11 is 0. The number of aromatic carboxylic acids is 1. The smallest absolute Gasteiger partial charge is 0.341 e. The number of carboxylic acids is 1. The second kappa shape index (κ2) is 7.08. The van der Waals surface area contributed by atoms with E-state index in [1.165, 1.54) is 13.3 Å². The Morgan fingerprint density at radius 2 is 1.97 bits per heavy atom. The number of halogens is 1. The zero-order chi connectivity index (χ0) is 22.7. The molecule has 8 nitrogen and oxygen atoms in total. The molecule has 0 spiro atoms. The van der Waals surface area contributed by atoms with Gasteiger partial charge in [-0.3, -0.25) is 4.79 Å². The molecular formula is C23H19FN2O6. The normalized spacial score (nSPS) is 16.6. The van der Waals surface area contributed by atoms with E-state index < -0.39 is 28.7 Å². The van der Waals surface area contributed by atoms with Crippen LogP contribution in [0.3, 0.4) is 0 Å². The fraction of sp³-hybridized carbons (Fsp3) is 0.261. The summed E-state index contributed by atoms with van der Waals surface area (Å²) < 4.78 is 27.7. The van der Waals surface area contributed by atoms with E-state index in [4.69, 9.17) is 9.47 Å². The average molecular weight is 438 g/mol. The number of fused-ring (bicyclic) bond motifs is 1. The molecule has 0 fully saturated rings. The van der Waals surface area contributed by atoms with Crippen molar-refractivity contribution in [3.63, 3.8) is 0 Å². The first-order chi connectivity index (χ1) is 15.3. The molecule has 3 aromatic rings. The van der Waals surface area contributed by atoms with Crippen molar-refractivity contribution in [3.05, 3.63) is 68.8 Å². The standard InChI is InChI=1S/C23H19FN2O6/c1-11-10-32-21-18-15(20(27)16(22(28)29)9-26(11)18)6-17(24)19(21)25-7-13-4-3-12(23(30)31-2)5-14(13)8-25/h3-6,9,11H,7-8,10H2,1-2H3,(H,28,29). The van der Waals surface area contributed by atoms with Crippen molar-refractivity contribution in [2.75, 3.05) is 18.6 Å². The Balaban J connectivity index is 1.67. The van der Waals surface area contributed by atoms with E-state index in [0.29, 0.717) is 24.2 Å². The molecule has 3 heterocycles. The van der Waals surface area contributed by atoms with E-state index in [2.05, 4.69) is 0 Å². The zero-order valence-corrected chi connectivity index (χ0v) is 17.3. The maximum Gasteiger partial charge on any atom is 0.341 e. The number of anilines is 1. The third kappa shape index (κ3) is 2.84. The van der Waals surface area contributed by atoms with Gasteiger partial charge in [0.2, 0.25) is 5.43 Å². The van der Waals surface area contributed by atoms with Crippen molar-refractivity contribution in [3.8, 4) is 5.75 Å². The maximum atomic E-state index is 15.4. The van der Waals surface area contributed by atoms with Crippen LogP contribution in [0.15, 0.2) is 35.3 Å². The van der Waals surface area contributed by atoms with Gasteiger partial charge in [0, 0.05) is 19.3 Å².